The molecule has 4 amide bonds. The van der Waals surface area contributed by atoms with Crippen LogP contribution in [-0.4, -0.2) is 58.8 Å². The number of amides is 4. The number of hydrogen-bond acceptors (Lipinski definition) is 3. The van der Waals surface area contributed by atoms with Gasteiger partial charge in [0.05, 0.1) is 6.04 Å². The Morgan fingerprint density at radius 2 is 1.96 bits per heavy atom. The zero-order chi connectivity index (χ0) is 17.3. The highest BCUT2D eigenvalue weighted by atomic mass is 32.2. The van der Waals surface area contributed by atoms with Crippen molar-refractivity contribution in [2.75, 3.05) is 31.5 Å². The molecule has 0 spiro atoms. The van der Waals surface area contributed by atoms with Crippen molar-refractivity contribution in [1.29, 1.82) is 0 Å². The van der Waals surface area contributed by atoms with E-state index in [1.54, 1.807) is 16.7 Å². The number of anilines is 1. The Hall–Kier alpha value is -1.89. The van der Waals surface area contributed by atoms with Crippen LogP contribution in [0.25, 0.3) is 0 Å². The summed E-state index contributed by atoms with van der Waals surface area (Å²) in [6.45, 7) is 8.86. The number of rotatable bonds is 2. The Morgan fingerprint density at radius 3 is 2.62 bits per heavy atom. The highest BCUT2D eigenvalue weighted by molar-refractivity contribution is 8.00. The first kappa shape index (κ1) is 17.0. The van der Waals surface area contributed by atoms with Crippen LogP contribution in [0.3, 0.4) is 0 Å². The van der Waals surface area contributed by atoms with Gasteiger partial charge in [0.2, 0.25) is 0 Å². The number of benzene rings is 1. The summed E-state index contributed by atoms with van der Waals surface area (Å²) in [5.74, 6) is 0. The van der Waals surface area contributed by atoms with Gasteiger partial charge in [-0.1, -0.05) is 20.8 Å². The largest absolute Gasteiger partial charge is 0.336 e. The van der Waals surface area contributed by atoms with Crippen LogP contribution in [0.5, 0.6) is 0 Å². The molecule has 130 valence electrons. The Kier molecular flexibility index (Phi) is 4.62. The molecule has 24 heavy (non-hydrogen) atoms. The van der Waals surface area contributed by atoms with E-state index in [1.807, 2.05) is 29.2 Å². The summed E-state index contributed by atoms with van der Waals surface area (Å²) in [6, 6.07) is 7.89. The second-order valence-electron chi connectivity index (χ2n) is 7.15. The summed E-state index contributed by atoms with van der Waals surface area (Å²) in [5.41, 5.74) is 0.793. The molecule has 1 aromatic rings. The Balaban J connectivity index is 1.56. The normalized spacial score (nSPS) is 20.6. The van der Waals surface area contributed by atoms with Gasteiger partial charge in [0.25, 0.3) is 0 Å². The lowest BCUT2D eigenvalue weighted by Gasteiger charge is -2.36. The van der Waals surface area contributed by atoms with Crippen molar-refractivity contribution in [2.45, 2.75) is 36.5 Å². The van der Waals surface area contributed by atoms with Crippen LogP contribution in [0.15, 0.2) is 29.2 Å². The molecule has 3 rings (SSSR count). The highest BCUT2D eigenvalue weighted by Gasteiger charge is 2.36. The molecule has 0 radical (unpaired) electrons. The third-order valence-electron chi connectivity index (χ3n) is 4.05. The summed E-state index contributed by atoms with van der Waals surface area (Å²) < 4.78 is 0.164. The van der Waals surface area contributed by atoms with Crippen LogP contribution in [-0.2, 0) is 0 Å². The molecular formula is C17H24N4O2S. The average molecular weight is 348 g/mol. The molecule has 0 aromatic heterocycles. The maximum Gasteiger partial charge on any atom is 0.321 e. The molecule has 1 aromatic carbocycles. The van der Waals surface area contributed by atoms with Gasteiger partial charge < -0.3 is 20.4 Å². The fourth-order valence-corrected chi connectivity index (χ4v) is 3.93. The van der Waals surface area contributed by atoms with Gasteiger partial charge >= 0.3 is 12.1 Å². The zero-order valence-corrected chi connectivity index (χ0v) is 15.2. The molecule has 2 N–H and O–H groups in total. The van der Waals surface area contributed by atoms with Crippen LogP contribution in [0.2, 0.25) is 0 Å². The first-order valence-electron chi connectivity index (χ1n) is 8.21. The quantitative estimate of drug-likeness (QED) is 0.808. The monoisotopic (exact) mass is 348 g/mol. The van der Waals surface area contributed by atoms with E-state index < -0.39 is 0 Å². The van der Waals surface area contributed by atoms with Gasteiger partial charge in [-0.05, 0) is 24.3 Å². The number of nitrogens with one attached hydrogen (secondary N) is 2. The van der Waals surface area contributed by atoms with E-state index in [0.29, 0.717) is 26.2 Å². The van der Waals surface area contributed by atoms with Gasteiger partial charge in [0.15, 0.2) is 0 Å². The Morgan fingerprint density at radius 1 is 1.25 bits per heavy atom. The van der Waals surface area contributed by atoms with Crippen LogP contribution in [0, 0.1) is 0 Å². The molecule has 2 aliphatic heterocycles. The van der Waals surface area contributed by atoms with E-state index in [2.05, 4.69) is 31.4 Å². The SMILES string of the molecule is CC(C)(C)Sc1ccc(NC(=O)N2CCN3C(=O)NCC3C2)cc1. The molecule has 1 unspecified atom stereocenters. The van der Waals surface area contributed by atoms with Gasteiger partial charge in [-0.2, -0.15) is 0 Å². The van der Waals surface area contributed by atoms with E-state index in [4.69, 9.17) is 0 Å². The standard InChI is InChI=1S/C17H24N4O2S/c1-17(2,3)24-14-6-4-12(5-7-14)19-16(23)20-8-9-21-13(11-20)10-18-15(21)22/h4-7,13H,8-11H2,1-3H3,(H,18,22)(H,19,23). The van der Waals surface area contributed by atoms with Crippen molar-refractivity contribution in [3.05, 3.63) is 24.3 Å². The second-order valence-corrected chi connectivity index (χ2v) is 9.05. The molecule has 0 bridgehead atoms. The molecular weight excluding hydrogens is 324 g/mol. The average Bonchev–Trinajstić information content (AvgIpc) is 2.88. The van der Waals surface area contributed by atoms with Gasteiger partial charge in [-0.25, -0.2) is 9.59 Å². The maximum absolute atomic E-state index is 12.4. The number of thioether (sulfide) groups is 1. The fourth-order valence-electron chi connectivity index (χ4n) is 2.95. The maximum atomic E-state index is 12.4. The molecule has 0 aliphatic carbocycles. The Labute approximate surface area is 146 Å². The molecule has 0 saturated carbocycles. The van der Waals surface area contributed by atoms with Gasteiger partial charge in [-0.15, -0.1) is 11.8 Å². The fraction of sp³-hybridized carbons (Fsp3) is 0.529. The first-order chi connectivity index (χ1) is 11.3. The van der Waals surface area contributed by atoms with E-state index in [1.165, 1.54) is 4.90 Å². The van der Waals surface area contributed by atoms with E-state index in [-0.39, 0.29) is 22.9 Å². The van der Waals surface area contributed by atoms with Crippen molar-refractivity contribution in [3.8, 4) is 0 Å². The Bertz CT molecular complexity index is 626. The number of piperazine rings is 1. The molecule has 2 saturated heterocycles. The molecule has 2 aliphatic rings. The van der Waals surface area contributed by atoms with Crippen LogP contribution in [0.1, 0.15) is 20.8 Å². The minimum atomic E-state index is -0.106. The lowest BCUT2D eigenvalue weighted by atomic mass is 10.2. The molecule has 7 heteroatoms. The van der Waals surface area contributed by atoms with Gasteiger partial charge in [0.1, 0.15) is 0 Å². The van der Waals surface area contributed by atoms with Crippen molar-refractivity contribution >= 4 is 29.5 Å². The lowest BCUT2D eigenvalue weighted by Crippen LogP contribution is -2.54. The molecule has 1 atom stereocenters. The second kappa shape index (κ2) is 6.55. The van der Waals surface area contributed by atoms with Crippen molar-refractivity contribution in [1.82, 2.24) is 15.1 Å². The third-order valence-corrected chi connectivity index (χ3v) is 5.17. The summed E-state index contributed by atoms with van der Waals surface area (Å²) >= 11 is 1.80. The van der Waals surface area contributed by atoms with Crippen molar-refractivity contribution in [3.63, 3.8) is 0 Å². The van der Waals surface area contributed by atoms with Crippen molar-refractivity contribution < 1.29 is 9.59 Å². The van der Waals surface area contributed by atoms with Crippen LogP contribution in [0.4, 0.5) is 15.3 Å². The van der Waals surface area contributed by atoms with E-state index >= 15 is 0 Å². The molecule has 2 fully saturated rings. The zero-order valence-electron chi connectivity index (χ0n) is 14.3. The number of carbonyl (C=O) groups is 2. The molecule has 2 heterocycles. The van der Waals surface area contributed by atoms with Crippen LogP contribution >= 0.6 is 11.8 Å². The smallest absolute Gasteiger partial charge is 0.321 e. The minimum Gasteiger partial charge on any atom is -0.336 e. The third kappa shape index (κ3) is 3.95. The summed E-state index contributed by atoms with van der Waals surface area (Å²) in [5, 5.41) is 5.77. The first-order valence-corrected chi connectivity index (χ1v) is 9.03. The number of urea groups is 2. The lowest BCUT2D eigenvalue weighted by molar-refractivity contribution is 0.136. The highest BCUT2D eigenvalue weighted by Crippen LogP contribution is 2.32. The summed E-state index contributed by atoms with van der Waals surface area (Å²) in [4.78, 5) is 28.8. The summed E-state index contributed by atoms with van der Waals surface area (Å²) in [7, 11) is 0. The minimum absolute atomic E-state index is 0.0213. The topological polar surface area (TPSA) is 64.7 Å². The number of fused-ring (bicyclic) bond motifs is 1. The van der Waals surface area contributed by atoms with E-state index in [9.17, 15) is 9.59 Å². The number of hydrogen-bond donors (Lipinski definition) is 2. The van der Waals surface area contributed by atoms with E-state index in [0.717, 1.165) is 5.69 Å². The molecule has 6 nitrogen and oxygen atoms in total. The predicted octanol–water partition coefficient (Wildman–Crippen LogP) is 2.82. The van der Waals surface area contributed by atoms with Crippen LogP contribution < -0.4 is 10.6 Å². The van der Waals surface area contributed by atoms with Gasteiger partial charge in [0, 0.05) is 41.5 Å². The van der Waals surface area contributed by atoms with Gasteiger partial charge in [-0.3, -0.25) is 0 Å². The predicted molar refractivity (Wildman–Crippen MR) is 96.5 cm³/mol. The number of carbonyl (C=O) groups excluding carboxylic acids is 2. The number of nitrogens with zero attached hydrogens (tertiary/aromatic N) is 2. The summed E-state index contributed by atoms with van der Waals surface area (Å²) in [6.07, 6.45) is 0. The van der Waals surface area contributed by atoms with Crippen molar-refractivity contribution in [2.24, 2.45) is 0 Å².